The summed E-state index contributed by atoms with van der Waals surface area (Å²) in [4.78, 5) is 26.9. The van der Waals surface area contributed by atoms with E-state index in [0.29, 0.717) is 49.5 Å². The lowest BCUT2D eigenvalue weighted by molar-refractivity contribution is -0.117. The zero-order valence-corrected chi connectivity index (χ0v) is 19.7. The third-order valence-corrected chi connectivity index (χ3v) is 7.10. The third kappa shape index (κ3) is 5.76. The SMILES string of the molecule is O=C(NCC(c1scnc1C(F)F)N1CCC(Oc2ccncn2)CC1)C1=C(Cl)CCC=C1F. The van der Waals surface area contributed by atoms with Gasteiger partial charge in [0.2, 0.25) is 5.88 Å². The van der Waals surface area contributed by atoms with Crippen LogP contribution in [-0.4, -0.2) is 51.5 Å². The van der Waals surface area contributed by atoms with E-state index in [2.05, 4.69) is 20.3 Å². The van der Waals surface area contributed by atoms with Gasteiger partial charge in [0, 0.05) is 36.9 Å². The molecule has 1 atom stereocenters. The van der Waals surface area contributed by atoms with E-state index in [0.717, 1.165) is 11.3 Å². The van der Waals surface area contributed by atoms with Crippen LogP contribution in [0, 0.1) is 0 Å². The summed E-state index contributed by atoms with van der Waals surface area (Å²) >= 11 is 7.20. The molecule has 12 heteroatoms. The van der Waals surface area contributed by atoms with Crippen LogP contribution in [0.15, 0.2) is 46.6 Å². The maximum absolute atomic E-state index is 14.2. The van der Waals surface area contributed by atoms with Gasteiger partial charge in [-0.2, -0.15) is 0 Å². The first-order valence-corrected chi connectivity index (χ1v) is 12.1. The number of halogens is 4. The number of rotatable bonds is 8. The Hall–Kier alpha value is -2.50. The number of alkyl halides is 2. The van der Waals surface area contributed by atoms with Gasteiger partial charge in [-0.3, -0.25) is 9.69 Å². The third-order valence-electron chi connectivity index (χ3n) is 5.77. The summed E-state index contributed by atoms with van der Waals surface area (Å²) in [5.41, 5.74) is 0.881. The van der Waals surface area contributed by atoms with E-state index in [1.54, 1.807) is 12.3 Å². The zero-order valence-electron chi connectivity index (χ0n) is 18.1. The molecule has 0 saturated carbocycles. The van der Waals surface area contributed by atoms with E-state index < -0.39 is 24.2 Å². The van der Waals surface area contributed by atoms with Crippen molar-refractivity contribution in [2.24, 2.45) is 0 Å². The average Bonchev–Trinajstić information content (AvgIpc) is 3.31. The minimum atomic E-state index is -2.74. The van der Waals surface area contributed by atoms with Crippen molar-refractivity contribution in [1.29, 1.82) is 0 Å². The van der Waals surface area contributed by atoms with Crippen LogP contribution in [0.3, 0.4) is 0 Å². The lowest BCUT2D eigenvalue weighted by Gasteiger charge is -2.37. The Balaban J connectivity index is 1.46. The predicted octanol–water partition coefficient (Wildman–Crippen LogP) is 4.71. The maximum atomic E-state index is 14.2. The van der Waals surface area contributed by atoms with Crippen LogP contribution in [0.2, 0.25) is 0 Å². The number of hydrogen-bond donors (Lipinski definition) is 1. The molecule has 0 spiro atoms. The summed E-state index contributed by atoms with van der Waals surface area (Å²) in [6, 6.07) is 1.13. The quantitative estimate of drug-likeness (QED) is 0.550. The van der Waals surface area contributed by atoms with Gasteiger partial charge in [0.1, 0.15) is 24.0 Å². The van der Waals surface area contributed by atoms with Gasteiger partial charge < -0.3 is 10.1 Å². The molecule has 0 radical (unpaired) electrons. The number of ether oxygens (including phenoxy) is 1. The highest BCUT2D eigenvalue weighted by molar-refractivity contribution is 7.09. The number of nitrogens with zero attached hydrogens (tertiary/aromatic N) is 4. The summed E-state index contributed by atoms with van der Waals surface area (Å²) < 4.78 is 47.3. The topological polar surface area (TPSA) is 80.2 Å². The molecule has 182 valence electrons. The smallest absolute Gasteiger partial charge is 0.281 e. The summed E-state index contributed by atoms with van der Waals surface area (Å²) in [5.74, 6) is -0.847. The second-order valence-corrected chi connectivity index (χ2v) is 9.24. The van der Waals surface area contributed by atoms with E-state index in [9.17, 15) is 18.0 Å². The van der Waals surface area contributed by atoms with Gasteiger partial charge in [0.25, 0.3) is 12.3 Å². The van der Waals surface area contributed by atoms with Crippen molar-refractivity contribution in [2.75, 3.05) is 19.6 Å². The van der Waals surface area contributed by atoms with Crippen LogP contribution < -0.4 is 10.1 Å². The number of hydrogen-bond acceptors (Lipinski definition) is 7. The first-order chi connectivity index (χ1) is 16.4. The van der Waals surface area contributed by atoms with E-state index >= 15 is 0 Å². The first-order valence-electron chi connectivity index (χ1n) is 10.8. The van der Waals surface area contributed by atoms with Crippen molar-refractivity contribution in [3.8, 4) is 5.88 Å². The van der Waals surface area contributed by atoms with Crippen LogP contribution in [0.25, 0.3) is 0 Å². The molecule has 4 rings (SSSR count). The minimum Gasteiger partial charge on any atom is -0.474 e. The second-order valence-electron chi connectivity index (χ2n) is 7.90. The van der Waals surface area contributed by atoms with Crippen molar-refractivity contribution in [2.45, 2.75) is 44.3 Å². The Morgan fingerprint density at radius 2 is 2.12 bits per heavy atom. The Bertz CT molecular complexity index is 1060. The zero-order chi connectivity index (χ0) is 24.1. The fourth-order valence-corrected chi connectivity index (χ4v) is 5.30. The van der Waals surface area contributed by atoms with Crippen molar-refractivity contribution >= 4 is 28.8 Å². The molecule has 1 saturated heterocycles. The molecular formula is C22H23ClF3N5O2S. The molecule has 1 unspecified atom stereocenters. The van der Waals surface area contributed by atoms with Crippen molar-refractivity contribution < 1.29 is 22.7 Å². The van der Waals surface area contributed by atoms with Crippen LogP contribution in [0.5, 0.6) is 5.88 Å². The number of carbonyl (C=O) groups is 1. The van der Waals surface area contributed by atoms with Gasteiger partial charge >= 0.3 is 0 Å². The number of thiazole rings is 1. The van der Waals surface area contributed by atoms with Gasteiger partial charge in [-0.05, 0) is 31.8 Å². The fraction of sp³-hybridized carbons (Fsp3) is 0.455. The van der Waals surface area contributed by atoms with Gasteiger partial charge in [0.05, 0.1) is 22.0 Å². The van der Waals surface area contributed by atoms with E-state index in [4.69, 9.17) is 16.3 Å². The van der Waals surface area contributed by atoms with Gasteiger partial charge in [-0.15, -0.1) is 11.3 Å². The van der Waals surface area contributed by atoms with E-state index in [-0.39, 0.29) is 28.9 Å². The number of likely N-dealkylation sites (tertiary alicyclic amines) is 1. The number of aromatic nitrogens is 3. The maximum Gasteiger partial charge on any atom is 0.281 e. The van der Waals surface area contributed by atoms with Crippen LogP contribution in [-0.2, 0) is 4.79 Å². The molecule has 34 heavy (non-hydrogen) atoms. The van der Waals surface area contributed by atoms with Crippen molar-refractivity contribution in [3.63, 3.8) is 0 Å². The number of allylic oxidation sites excluding steroid dienone is 2. The molecule has 1 aliphatic carbocycles. The molecule has 0 aromatic carbocycles. The molecule has 3 heterocycles. The van der Waals surface area contributed by atoms with Crippen LogP contribution in [0.1, 0.15) is 48.7 Å². The van der Waals surface area contributed by atoms with Gasteiger partial charge in [-0.1, -0.05) is 11.6 Å². The number of carbonyl (C=O) groups excluding carboxylic acids is 1. The molecule has 7 nitrogen and oxygen atoms in total. The monoisotopic (exact) mass is 513 g/mol. The number of piperidine rings is 1. The highest BCUT2D eigenvalue weighted by atomic mass is 35.5. The molecule has 1 amide bonds. The molecule has 2 aromatic heterocycles. The van der Waals surface area contributed by atoms with Crippen LogP contribution >= 0.6 is 22.9 Å². The summed E-state index contributed by atoms with van der Waals surface area (Å²) in [6.45, 7) is 1.11. The second kappa shape index (κ2) is 11.3. The highest BCUT2D eigenvalue weighted by Crippen LogP contribution is 2.35. The molecule has 2 aromatic rings. The lowest BCUT2D eigenvalue weighted by Crippen LogP contribution is -2.44. The van der Waals surface area contributed by atoms with Crippen molar-refractivity contribution in [3.05, 3.63) is 57.2 Å². The molecule has 2 aliphatic rings. The number of amides is 1. The highest BCUT2D eigenvalue weighted by Gasteiger charge is 2.33. The fourth-order valence-electron chi connectivity index (χ4n) is 4.08. The Morgan fingerprint density at radius 1 is 1.32 bits per heavy atom. The minimum absolute atomic E-state index is 0.0130. The van der Waals surface area contributed by atoms with Gasteiger partial charge in [0.15, 0.2) is 0 Å². The average molecular weight is 514 g/mol. The Kier molecular flexibility index (Phi) is 8.17. The lowest BCUT2D eigenvalue weighted by atomic mass is 10.0. The molecule has 1 N–H and O–H groups in total. The van der Waals surface area contributed by atoms with Crippen LogP contribution in [0.4, 0.5) is 13.2 Å². The van der Waals surface area contributed by atoms with E-state index in [1.165, 1.54) is 17.9 Å². The summed E-state index contributed by atoms with van der Waals surface area (Å²) in [5, 5.41) is 2.85. The largest absolute Gasteiger partial charge is 0.474 e. The normalized spacial score (nSPS) is 18.7. The predicted molar refractivity (Wildman–Crippen MR) is 121 cm³/mol. The summed E-state index contributed by atoms with van der Waals surface area (Å²) in [6.07, 6.45) is 3.59. The Labute approximate surface area is 203 Å². The molecular weight excluding hydrogens is 491 g/mol. The van der Waals surface area contributed by atoms with Crippen molar-refractivity contribution in [1.82, 2.24) is 25.2 Å². The molecule has 0 bridgehead atoms. The molecule has 1 aliphatic heterocycles. The standard InChI is InChI=1S/C22H23ClF3N5O2S/c23-14-2-1-3-15(24)18(14)22(32)28-10-16(20-19(21(25)26)30-12-34-20)31-8-5-13(6-9-31)33-17-4-7-27-11-29-17/h3-4,7,11-13,16,21H,1-2,5-6,8-10H2,(H,28,32). The van der Waals surface area contributed by atoms with E-state index in [1.807, 2.05) is 4.90 Å². The first kappa shape index (κ1) is 24.6. The van der Waals surface area contributed by atoms with Gasteiger partial charge in [-0.25, -0.2) is 28.1 Å². The Morgan fingerprint density at radius 3 is 2.79 bits per heavy atom. The number of nitrogens with one attached hydrogen (secondary N) is 1. The summed E-state index contributed by atoms with van der Waals surface area (Å²) in [7, 11) is 0. The molecule has 1 fully saturated rings.